The van der Waals surface area contributed by atoms with Gasteiger partial charge in [0.05, 0.1) is 12.0 Å². The zero-order valence-electron chi connectivity index (χ0n) is 12.3. The molecule has 0 aliphatic heterocycles. The molecule has 0 saturated heterocycles. The first kappa shape index (κ1) is 16.7. The van der Waals surface area contributed by atoms with Crippen LogP contribution in [0.1, 0.15) is 28.4 Å². The van der Waals surface area contributed by atoms with Crippen LogP contribution in [0.2, 0.25) is 0 Å². The second-order valence-electron chi connectivity index (χ2n) is 5.05. The minimum Gasteiger partial charge on any atom is -0.326 e. The zero-order valence-corrected chi connectivity index (χ0v) is 12.3. The summed E-state index contributed by atoms with van der Waals surface area (Å²) in [6.45, 7) is 1.44. The van der Waals surface area contributed by atoms with Crippen molar-refractivity contribution in [1.82, 2.24) is 0 Å². The number of benzene rings is 2. The van der Waals surface area contributed by atoms with E-state index in [9.17, 15) is 22.8 Å². The maximum atomic E-state index is 12.5. The van der Waals surface area contributed by atoms with Crippen molar-refractivity contribution in [2.75, 3.05) is 5.32 Å². The van der Waals surface area contributed by atoms with Gasteiger partial charge in [-0.05, 0) is 48.9 Å². The van der Waals surface area contributed by atoms with Crippen molar-refractivity contribution in [2.24, 2.45) is 0 Å². The molecule has 1 amide bonds. The van der Waals surface area contributed by atoms with Gasteiger partial charge in [-0.15, -0.1) is 0 Å². The number of ketones is 1. The summed E-state index contributed by atoms with van der Waals surface area (Å²) in [7, 11) is 0. The lowest BCUT2D eigenvalue weighted by Crippen LogP contribution is -2.14. The molecular weight excluding hydrogens is 307 g/mol. The van der Waals surface area contributed by atoms with Gasteiger partial charge in [-0.25, -0.2) is 0 Å². The summed E-state index contributed by atoms with van der Waals surface area (Å²) in [6.07, 6.45) is -4.42. The summed E-state index contributed by atoms with van der Waals surface area (Å²) in [5, 5.41) is 2.63. The Morgan fingerprint density at radius 1 is 0.957 bits per heavy atom. The number of amides is 1. The quantitative estimate of drug-likeness (QED) is 0.862. The summed E-state index contributed by atoms with van der Waals surface area (Å²) in [5.74, 6) is -0.423. The van der Waals surface area contributed by atoms with Crippen LogP contribution in [0, 0.1) is 0 Å². The van der Waals surface area contributed by atoms with Gasteiger partial charge in [0.2, 0.25) is 5.91 Å². The van der Waals surface area contributed by atoms with Crippen LogP contribution in [-0.4, -0.2) is 11.7 Å². The zero-order chi connectivity index (χ0) is 17.0. The Bertz CT molecular complexity index is 704. The summed E-state index contributed by atoms with van der Waals surface area (Å²) in [4.78, 5) is 23.0. The van der Waals surface area contributed by atoms with Crippen LogP contribution in [0.3, 0.4) is 0 Å². The minimum absolute atomic E-state index is 0.0351. The normalized spacial score (nSPS) is 11.1. The third-order valence-electron chi connectivity index (χ3n) is 3.22. The van der Waals surface area contributed by atoms with E-state index in [0.717, 1.165) is 12.1 Å². The minimum atomic E-state index is -4.39. The highest BCUT2D eigenvalue weighted by atomic mass is 19.4. The van der Waals surface area contributed by atoms with E-state index in [1.54, 1.807) is 24.3 Å². The van der Waals surface area contributed by atoms with Crippen LogP contribution in [-0.2, 0) is 17.4 Å². The van der Waals surface area contributed by atoms with Gasteiger partial charge in [-0.2, -0.15) is 13.2 Å². The van der Waals surface area contributed by atoms with Gasteiger partial charge in [0.15, 0.2) is 5.78 Å². The number of alkyl halides is 3. The lowest BCUT2D eigenvalue weighted by molar-refractivity contribution is -0.137. The Labute approximate surface area is 131 Å². The summed E-state index contributed by atoms with van der Waals surface area (Å²) in [6, 6.07) is 10.8. The topological polar surface area (TPSA) is 46.2 Å². The second kappa shape index (κ2) is 6.64. The number of nitrogens with one attached hydrogen (secondary N) is 1. The summed E-state index contributed by atoms with van der Waals surface area (Å²) >= 11 is 0. The Hall–Kier alpha value is -2.63. The Kier molecular flexibility index (Phi) is 4.83. The number of hydrogen-bond acceptors (Lipinski definition) is 2. The Morgan fingerprint density at radius 3 is 2.00 bits per heavy atom. The predicted octanol–water partition coefficient (Wildman–Crippen LogP) is 4.09. The molecule has 0 spiro atoms. The smallest absolute Gasteiger partial charge is 0.326 e. The molecule has 2 rings (SSSR count). The third-order valence-corrected chi connectivity index (χ3v) is 3.22. The fourth-order valence-corrected chi connectivity index (χ4v) is 1.99. The van der Waals surface area contributed by atoms with Crippen molar-refractivity contribution in [3.05, 3.63) is 65.2 Å². The van der Waals surface area contributed by atoms with Crippen molar-refractivity contribution in [1.29, 1.82) is 0 Å². The predicted molar refractivity (Wildman–Crippen MR) is 80.2 cm³/mol. The van der Waals surface area contributed by atoms with E-state index in [1.807, 2.05) is 0 Å². The first-order valence-corrected chi connectivity index (χ1v) is 6.83. The molecule has 120 valence electrons. The standard InChI is InChI=1S/C17H14F3NO2/c1-11(22)13-4-8-15(9-5-13)21-16(23)10-12-2-6-14(7-3-12)17(18,19)20/h2-9H,10H2,1H3,(H,21,23). The molecule has 0 fully saturated rings. The number of carbonyl (C=O) groups excluding carboxylic acids is 2. The highest BCUT2D eigenvalue weighted by Crippen LogP contribution is 2.29. The molecule has 3 nitrogen and oxygen atoms in total. The first-order chi connectivity index (χ1) is 10.8. The number of rotatable bonds is 4. The maximum absolute atomic E-state index is 12.5. The van der Waals surface area contributed by atoms with Gasteiger partial charge in [-0.3, -0.25) is 9.59 Å². The lowest BCUT2D eigenvalue weighted by Gasteiger charge is -2.08. The van der Waals surface area contributed by atoms with E-state index in [1.165, 1.54) is 19.1 Å². The van der Waals surface area contributed by atoms with E-state index < -0.39 is 11.7 Å². The molecule has 0 aromatic heterocycles. The SMILES string of the molecule is CC(=O)c1ccc(NC(=O)Cc2ccc(C(F)(F)F)cc2)cc1. The van der Waals surface area contributed by atoms with Gasteiger partial charge in [0.1, 0.15) is 0 Å². The Morgan fingerprint density at radius 2 is 1.52 bits per heavy atom. The van der Waals surface area contributed by atoms with Gasteiger partial charge >= 0.3 is 6.18 Å². The van der Waals surface area contributed by atoms with E-state index in [-0.39, 0.29) is 18.1 Å². The van der Waals surface area contributed by atoms with Crippen LogP contribution in [0.5, 0.6) is 0 Å². The highest BCUT2D eigenvalue weighted by Gasteiger charge is 2.29. The molecule has 2 aromatic rings. The molecule has 0 aliphatic carbocycles. The number of anilines is 1. The van der Waals surface area contributed by atoms with Crippen molar-refractivity contribution in [2.45, 2.75) is 19.5 Å². The molecule has 23 heavy (non-hydrogen) atoms. The molecule has 2 aromatic carbocycles. The van der Waals surface area contributed by atoms with Crippen LogP contribution in [0.15, 0.2) is 48.5 Å². The molecule has 0 aliphatic rings. The fourth-order valence-electron chi connectivity index (χ4n) is 1.99. The van der Waals surface area contributed by atoms with Gasteiger partial charge in [0, 0.05) is 11.3 Å². The van der Waals surface area contributed by atoms with Crippen LogP contribution >= 0.6 is 0 Å². The molecule has 0 atom stereocenters. The fraction of sp³-hybridized carbons (Fsp3) is 0.176. The lowest BCUT2D eigenvalue weighted by atomic mass is 10.1. The van der Waals surface area contributed by atoms with E-state index in [0.29, 0.717) is 16.8 Å². The van der Waals surface area contributed by atoms with Crippen LogP contribution in [0.25, 0.3) is 0 Å². The molecule has 0 bridgehead atoms. The second-order valence-corrected chi connectivity index (χ2v) is 5.05. The average Bonchev–Trinajstić information content (AvgIpc) is 2.47. The van der Waals surface area contributed by atoms with E-state index >= 15 is 0 Å². The maximum Gasteiger partial charge on any atom is 0.416 e. The van der Waals surface area contributed by atoms with Crippen molar-refractivity contribution in [3.63, 3.8) is 0 Å². The van der Waals surface area contributed by atoms with Gasteiger partial charge < -0.3 is 5.32 Å². The van der Waals surface area contributed by atoms with Crippen LogP contribution < -0.4 is 5.32 Å². The average molecular weight is 321 g/mol. The number of hydrogen-bond donors (Lipinski definition) is 1. The molecule has 0 heterocycles. The Balaban J connectivity index is 1.98. The third kappa shape index (κ3) is 4.67. The summed E-state index contributed by atoms with van der Waals surface area (Å²) < 4.78 is 37.4. The first-order valence-electron chi connectivity index (χ1n) is 6.83. The molecule has 1 N–H and O–H groups in total. The highest BCUT2D eigenvalue weighted by molar-refractivity contribution is 5.96. The van der Waals surface area contributed by atoms with Crippen molar-refractivity contribution >= 4 is 17.4 Å². The van der Waals surface area contributed by atoms with E-state index in [4.69, 9.17) is 0 Å². The summed E-state index contributed by atoms with van der Waals surface area (Å²) in [5.41, 5.74) is 0.787. The van der Waals surface area contributed by atoms with Gasteiger partial charge in [-0.1, -0.05) is 12.1 Å². The molecule has 0 saturated carbocycles. The number of halogens is 3. The molecule has 0 unspecified atom stereocenters. The number of carbonyl (C=O) groups is 2. The number of Topliss-reactive ketones (excluding diaryl/α,β-unsaturated/α-hetero) is 1. The van der Waals surface area contributed by atoms with Crippen molar-refractivity contribution in [3.8, 4) is 0 Å². The molecule has 6 heteroatoms. The van der Waals surface area contributed by atoms with Crippen molar-refractivity contribution < 1.29 is 22.8 Å². The monoisotopic (exact) mass is 321 g/mol. The molecule has 0 radical (unpaired) electrons. The van der Waals surface area contributed by atoms with Gasteiger partial charge in [0.25, 0.3) is 0 Å². The van der Waals surface area contributed by atoms with E-state index in [2.05, 4.69) is 5.32 Å². The largest absolute Gasteiger partial charge is 0.416 e. The van der Waals surface area contributed by atoms with Crippen LogP contribution in [0.4, 0.5) is 18.9 Å². The molecular formula is C17H14F3NO2.